The first-order chi connectivity index (χ1) is 11.5. The Balaban J connectivity index is 2.04. The highest BCUT2D eigenvalue weighted by molar-refractivity contribution is 6.30. The summed E-state index contributed by atoms with van der Waals surface area (Å²) in [5, 5.41) is 11.2. The van der Waals surface area contributed by atoms with Crippen LogP contribution in [0.5, 0.6) is 11.5 Å². The molecule has 5 heteroatoms. The Morgan fingerprint density at radius 1 is 0.960 bits per heavy atom. The second-order valence-corrected chi connectivity index (χ2v) is 7.55. The van der Waals surface area contributed by atoms with E-state index in [-0.39, 0.29) is 6.42 Å². The van der Waals surface area contributed by atoms with Gasteiger partial charge in [-0.15, -0.1) is 0 Å². The van der Waals surface area contributed by atoms with Crippen LogP contribution in [-0.4, -0.2) is 16.7 Å². The molecule has 0 aliphatic carbocycles. The molecule has 0 bridgehead atoms. The van der Waals surface area contributed by atoms with Gasteiger partial charge in [-0.3, -0.25) is 4.79 Å². The Morgan fingerprint density at radius 2 is 1.44 bits per heavy atom. The first-order valence-corrected chi connectivity index (χ1v) is 8.41. The Morgan fingerprint density at radius 3 is 1.92 bits per heavy atom. The molecule has 0 fully saturated rings. The van der Waals surface area contributed by atoms with Crippen molar-refractivity contribution in [1.82, 2.24) is 0 Å². The SMILES string of the molecule is CC(C)(C)OC(=O)CC(C)(O)c1ccc(Oc2ccc(Cl)cc2)cc1. The van der Waals surface area contributed by atoms with Crippen LogP contribution in [0.2, 0.25) is 5.02 Å². The maximum absolute atomic E-state index is 12.0. The summed E-state index contributed by atoms with van der Waals surface area (Å²) in [6.07, 6.45) is -0.123. The normalized spacial score (nSPS) is 13.8. The Bertz CT molecular complexity index is 713. The molecular weight excluding hydrogens is 340 g/mol. The van der Waals surface area contributed by atoms with Gasteiger partial charge in [-0.1, -0.05) is 23.7 Å². The van der Waals surface area contributed by atoms with Crippen LogP contribution in [-0.2, 0) is 15.1 Å². The average molecular weight is 363 g/mol. The number of carbonyl (C=O) groups excluding carboxylic acids is 1. The second kappa shape index (κ2) is 7.46. The molecule has 4 nitrogen and oxygen atoms in total. The number of benzene rings is 2. The molecule has 0 radical (unpaired) electrons. The summed E-state index contributed by atoms with van der Waals surface area (Å²) in [6.45, 7) is 6.97. The minimum absolute atomic E-state index is 0.123. The van der Waals surface area contributed by atoms with E-state index in [4.69, 9.17) is 21.1 Å². The lowest BCUT2D eigenvalue weighted by Gasteiger charge is -2.26. The van der Waals surface area contributed by atoms with E-state index in [1.807, 2.05) is 0 Å². The predicted octanol–water partition coefficient (Wildman–Crippen LogP) is 5.07. The summed E-state index contributed by atoms with van der Waals surface area (Å²) in [4.78, 5) is 12.0. The standard InChI is InChI=1S/C20H23ClO4/c1-19(2,3)25-18(22)13-20(4,23)14-5-9-16(10-6-14)24-17-11-7-15(21)8-12-17/h5-12,23H,13H2,1-4H3. The van der Waals surface area contributed by atoms with Crippen molar-refractivity contribution in [2.24, 2.45) is 0 Å². The maximum Gasteiger partial charge on any atom is 0.309 e. The number of aliphatic hydroxyl groups is 1. The summed E-state index contributed by atoms with van der Waals surface area (Å²) >= 11 is 5.85. The molecule has 0 amide bonds. The van der Waals surface area contributed by atoms with E-state index >= 15 is 0 Å². The average Bonchev–Trinajstić information content (AvgIpc) is 2.47. The van der Waals surface area contributed by atoms with E-state index in [9.17, 15) is 9.90 Å². The van der Waals surface area contributed by atoms with Crippen molar-refractivity contribution in [3.05, 3.63) is 59.1 Å². The van der Waals surface area contributed by atoms with Crippen LogP contribution < -0.4 is 4.74 Å². The number of hydrogen-bond acceptors (Lipinski definition) is 4. The molecule has 0 aliphatic heterocycles. The monoisotopic (exact) mass is 362 g/mol. The van der Waals surface area contributed by atoms with Crippen molar-refractivity contribution in [3.63, 3.8) is 0 Å². The van der Waals surface area contributed by atoms with Crippen molar-refractivity contribution in [1.29, 1.82) is 0 Å². The van der Waals surface area contributed by atoms with Crippen molar-refractivity contribution in [2.45, 2.75) is 45.3 Å². The fraction of sp³-hybridized carbons (Fsp3) is 0.350. The number of carbonyl (C=O) groups is 1. The van der Waals surface area contributed by atoms with Crippen molar-refractivity contribution in [2.75, 3.05) is 0 Å². The number of hydrogen-bond donors (Lipinski definition) is 1. The van der Waals surface area contributed by atoms with Gasteiger partial charge >= 0.3 is 5.97 Å². The summed E-state index contributed by atoms with van der Waals surface area (Å²) in [5.74, 6) is 0.843. The van der Waals surface area contributed by atoms with Gasteiger partial charge in [0.25, 0.3) is 0 Å². The van der Waals surface area contributed by atoms with Gasteiger partial charge in [-0.2, -0.15) is 0 Å². The molecule has 2 aromatic rings. The molecule has 0 saturated carbocycles. The summed E-state index contributed by atoms with van der Waals surface area (Å²) in [7, 11) is 0. The first-order valence-electron chi connectivity index (χ1n) is 8.03. The van der Waals surface area contributed by atoms with E-state index in [1.165, 1.54) is 0 Å². The van der Waals surface area contributed by atoms with Crippen LogP contribution in [0.1, 0.15) is 39.7 Å². The molecule has 0 saturated heterocycles. The van der Waals surface area contributed by atoms with Gasteiger partial charge in [0.05, 0.1) is 12.0 Å². The van der Waals surface area contributed by atoms with E-state index in [2.05, 4.69) is 0 Å². The van der Waals surface area contributed by atoms with Crippen LogP contribution in [0.4, 0.5) is 0 Å². The molecule has 1 atom stereocenters. The minimum atomic E-state index is -1.32. The quantitative estimate of drug-likeness (QED) is 0.754. The Labute approximate surface area is 153 Å². The van der Waals surface area contributed by atoms with Gasteiger partial charge in [-0.05, 0) is 69.7 Å². The largest absolute Gasteiger partial charge is 0.460 e. The molecule has 1 N–H and O–H groups in total. The molecule has 0 spiro atoms. The van der Waals surface area contributed by atoms with E-state index in [1.54, 1.807) is 76.2 Å². The number of esters is 1. The zero-order chi connectivity index (χ0) is 18.7. The molecule has 0 heterocycles. The van der Waals surface area contributed by atoms with Gasteiger partial charge in [-0.25, -0.2) is 0 Å². The lowest BCUT2D eigenvalue weighted by Crippen LogP contribution is -2.31. The molecule has 25 heavy (non-hydrogen) atoms. The zero-order valence-electron chi connectivity index (χ0n) is 14.9. The van der Waals surface area contributed by atoms with Crippen molar-refractivity contribution < 1.29 is 19.4 Å². The minimum Gasteiger partial charge on any atom is -0.460 e. The fourth-order valence-corrected chi connectivity index (χ4v) is 2.41. The predicted molar refractivity (Wildman–Crippen MR) is 98.0 cm³/mol. The number of halogens is 1. The van der Waals surface area contributed by atoms with Crippen LogP contribution in [0.25, 0.3) is 0 Å². The second-order valence-electron chi connectivity index (χ2n) is 7.12. The van der Waals surface area contributed by atoms with Gasteiger partial charge in [0.15, 0.2) is 0 Å². The molecule has 2 rings (SSSR count). The third kappa shape index (κ3) is 6.07. The Hall–Kier alpha value is -2.04. The molecule has 1 unspecified atom stereocenters. The van der Waals surface area contributed by atoms with Crippen LogP contribution in [0.15, 0.2) is 48.5 Å². The summed E-state index contributed by atoms with van der Waals surface area (Å²) in [5.41, 5.74) is -1.29. The van der Waals surface area contributed by atoms with E-state index < -0.39 is 17.2 Å². The van der Waals surface area contributed by atoms with Crippen molar-refractivity contribution in [3.8, 4) is 11.5 Å². The molecule has 2 aromatic carbocycles. The highest BCUT2D eigenvalue weighted by atomic mass is 35.5. The van der Waals surface area contributed by atoms with E-state index in [0.29, 0.717) is 22.1 Å². The molecular formula is C20H23ClO4. The summed E-state index contributed by atoms with van der Waals surface area (Å²) < 4.78 is 11.0. The third-order valence-corrected chi connectivity index (χ3v) is 3.69. The highest BCUT2D eigenvalue weighted by Crippen LogP contribution is 2.29. The highest BCUT2D eigenvalue weighted by Gasteiger charge is 2.29. The lowest BCUT2D eigenvalue weighted by atomic mass is 9.92. The number of ether oxygens (including phenoxy) is 2. The topological polar surface area (TPSA) is 55.8 Å². The smallest absolute Gasteiger partial charge is 0.309 e. The molecule has 0 aromatic heterocycles. The van der Waals surface area contributed by atoms with Crippen molar-refractivity contribution >= 4 is 17.6 Å². The Kier molecular flexibility index (Phi) is 5.76. The molecule has 0 aliphatic rings. The van der Waals surface area contributed by atoms with Crippen LogP contribution in [0.3, 0.4) is 0 Å². The first kappa shape index (κ1) is 19.3. The van der Waals surface area contributed by atoms with Gasteiger partial charge in [0.1, 0.15) is 17.1 Å². The molecule has 134 valence electrons. The summed E-state index contributed by atoms with van der Waals surface area (Å²) in [6, 6.07) is 14.0. The zero-order valence-corrected chi connectivity index (χ0v) is 15.6. The maximum atomic E-state index is 12.0. The van der Waals surface area contributed by atoms with Gasteiger partial charge < -0.3 is 14.6 Å². The third-order valence-electron chi connectivity index (χ3n) is 3.43. The van der Waals surface area contributed by atoms with Crippen LogP contribution in [0, 0.1) is 0 Å². The van der Waals surface area contributed by atoms with E-state index in [0.717, 1.165) is 0 Å². The lowest BCUT2D eigenvalue weighted by molar-refractivity contribution is -0.160. The number of rotatable bonds is 5. The fourth-order valence-electron chi connectivity index (χ4n) is 2.28. The van der Waals surface area contributed by atoms with Gasteiger partial charge in [0, 0.05) is 5.02 Å². The van der Waals surface area contributed by atoms with Gasteiger partial charge in [0.2, 0.25) is 0 Å². The van der Waals surface area contributed by atoms with Crippen LogP contribution >= 0.6 is 11.6 Å².